The molecule has 0 aromatic rings. The summed E-state index contributed by atoms with van der Waals surface area (Å²) in [5.41, 5.74) is 0. The fourth-order valence-corrected chi connectivity index (χ4v) is 1.74. The molecule has 0 aliphatic rings. The molecular weight excluding hydrogens is 297 g/mol. The molecule has 0 fully saturated rings. The zero-order valence-corrected chi connectivity index (χ0v) is 11.0. The minimum atomic E-state index is -0.538. The Kier molecular flexibility index (Phi) is 6.06. The number of carbonyl (C=O) groups excluding carboxylic acids is 2. The highest BCUT2D eigenvalue weighted by atomic mass is 127. The van der Waals surface area contributed by atoms with Crippen LogP contribution in [-0.2, 0) is 9.53 Å². The van der Waals surface area contributed by atoms with Crippen LogP contribution in [0.1, 0.15) is 27.7 Å². The highest BCUT2D eigenvalue weighted by Crippen LogP contribution is 2.07. The Morgan fingerprint density at radius 3 is 2.00 bits per heavy atom. The summed E-state index contributed by atoms with van der Waals surface area (Å²) in [4.78, 5) is 22.3. The van der Waals surface area contributed by atoms with Crippen LogP contribution in [0.3, 0.4) is 0 Å². The van der Waals surface area contributed by atoms with Crippen molar-refractivity contribution in [1.82, 2.24) is 5.32 Å². The third kappa shape index (κ3) is 5.41. The lowest BCUT2D eigenvalue weighted by atomic mass is 10.1. The Morgan fingerprint density at radius 1 is 1.21 bits per heavy atom. The molecule has 0 spiro atoms. The van der Waals surface area contributed by atoms with E-state index in [2.05, 4.69) is 5.32 Å². The van der Waals surface area contributed by atoms with Gasteiger partial charge in [0.1, 0.15) is 6.04 Å². The van der Waals surface area contributed by atoms with Crippen molar-refractivity contribution >= 4 is 32.5 Å². The first-order valence-electron chi connectivity index (χ1n) is 4.51. The van der Waals surface area contributed by atoms with Gasteiger partial charge in [-0.2, -0.15) is 0 Å². The first-order valence-corrected chi connectivity index (χ1v) is 5.59. The van der Waals surface area contributed by atoms with E-state index in [-0.39, 0.29) is 15.8 Å². The van der Waals surface area contributed by atoms with Gasteiger partial charge < -0.3 is 10.1 Å². The Balaban J connectivity index is 4.17. The molecule has 0 aromatic carbocycles. The van der Waals surface area contributed by atoms with E-state index in [0.717, 1.165) is 0 Å². The van der Waals surface area contributed by atoms with Crippen LogP contribution in [0.4, 0.5) is 4.79 Å². The summed E-state index contributed by atoms with van der Waals surface area (Å²) in [5, 5.41) is 2.53. The van der Waals surface area contributed by atoms with Crippen LogP contribution < -0.4 is 5.32 Å². The standard InChI is InChI=1S/C9H16INO3/c1-5(2)7(8(10)12)11-9(13)14-6(3)4/h5-7H,1-4H3,(H,11,13). The van der Waals surface area contributed by atoms with Crippen LogP contribution >= 0.6 is 22.6 Å². The molecule has 1 amide bonds. The van der Waals surface area contributed by atoms with E-state index < -0.39 is 12.1 Å². The number of nitrogens with one attached hydrogen (secondary N) is 1. The van der Waals surface area contributed by atoms with Crippen molar-refractivity contribution in [2.75, 3.05) is 0 Å². The van der Waals surface area contributed by atoms with Gasteiger partial charge in [-0.3, -0.25) is 4.79 Å². The smallest absolute Gasteiger partial charge is 0.408 e. The normalized spacial score (nSPS) is 12.8. The Morgan fingerprint density at radius 2 is 1.71 bits per heavy atom. The molecule has 0 aliphatic carbocycles. The average Bonchev–Trinajstić information content (AvgIpc) is 1.97. The molecule has 82 valence electrons. The monoisotopic (exact) mass is 313 g/mol. The second-order valence-corrected chi connectivity index (χ2v) is 4.69. The molecule has 0 aromatic heterocycles. The third-order valence-electron chi connectivity index (χ3n) is 1.53. The van der Waals surface area contributed by atoms with Gasteiger partial charge in [0.15, 0.2) is 0 Å². The number of carbonyl (C=O) groups is 2. The van der Waals surface area contributed by atoms with Crippen LogP contribution in [0.2, 0.25) is 0 Å². The molecule has 0 rings (SSSR count). The van der Waals surface area contributed by atoms with E-state index >= 15 is 0 Å². The van der Waals surface area contributed by atoms with Gasteiger partial charge in [0.25, 0.3) is 0 Å². The topological polar surface area (TPSA) is 55.4 Å². The lowest BCUT2D eigenvalue weighted by molar-refractivity contribution is -0.112. The number of rotatable bonds is 4. The molecule has 0 saturated heterocycles. The number of hydrogen-bond donors (Lipinski definition) is 1. The van der Waals surface area contributed by atoms with Gasteiger partial charge in [-0.1, -0.05) is 13.8 Å². The molecule has 0 aliphatic heterocycles. The van der Waals surface area contributed by atoms with E-state index in [1.54, 1.807) is 36.4 Å². The predicted molar refractivity (Wildman–Crippen MR) is 62.4 cm³/mol. The zero-order chi connectivity index (χ0) is 11.3. The highest BCUT2D eigenvalue weighted by molar-refractivity contribution is 14.1. The second kappa shape index (κ2) is 6.21. The van der Waals surface area contributed by atoms with E-state index in [1.807, 2.05) is 13.8 Å². The maximum absolute atomic E-state index is 11.2. The Bertz CT molecular complexity index is 216. The van der Waals surface area contributed by atoms with Gasteiger partial charge in [0.2, 0.25) is 3.79 Å². The van der Waals surface area contributed by atoms with Crippen molar-refractivity contribution in [3.8, 4) is 0 Å². The molecule has 1 N–H and O–H groups in total. The number of halogens is 1. The summed E-state index contributed by atoms with van der Waals surface area (Å²) in [5.74, 6) is 0.0686. The van der Waals surface area contributed by atoms with Crippen molar-refractivity contribution < 1.29 is 14.3 Å². The maximum Gasteiger partial charge on any atom is 0.408 e. The lowest BCUT2D eigenvalue weighted by Gasteiger charge is -2.19. The molecule has 4 nitrogen and oxygen atoms in total. The molecule has 0 saturated carbocycles. The first kappa shape index (κ1) is 13.7. The van der Waals surface area contributed by atoms with Gasteiger partial charge >= 0.3 is 6.09 Å². The molecule has 5 heteroatoms. The largest absolute Gasteiger partial charge is 0.447 e. The van der Waals surface area contributed by atoms with E-state index in [0.29, 0.717) is 0 Å². The molecule has 0 radical (unpaired) electrons. The van der Waals surface area contributed by atoms with E-state index in [4.69, 9.17) is 4.74 Å². The number of alkyl carbamates (subject to hydrolysis) is 1. The fraction of sp³-hybridized carbons (Fsp3) is 0.778. The van der Waals surface area contributed by atoms with Crippen LogP contribution in [0.5, 0.6) is 0 Å². The summed E-state index contributed by atoms with van der Waals surface area (Å²) in [6.45, 7) is 7.26. The van der Waals surface area contributed by atoms with Crippen molar-refractivity contribution in [2.24, 2.45) is 5.92 Å². The minimum Gasteiger partial charge on any atom is -0.447 e. The van der Waals surface area contributed by atoms with Gasteiger partial charge in [-0.05, 0) is 19.8 Å². The van der Waals surface area contributed by atoms with Gasteiger partial charge in [0.05, 0.1) is 6.10 Å². The maximum atomic E-state index is 11.2. The van der Waals surface area contributed by atoms with Crippen molar-refractivity contribution in [2.45, 2.75) is 39.8 Å². The molecule has 1 unspecified atom stereocenters. The van der Waals surface area contributed by atoms with Gasteiger partial charge in [-0.25, -0.2) is 4.79 Å². The molecule has 0 bridgehead atoms. The fourth-order valence-electron chi connectivity index (χ4n) is 0.861. The van der Waals surface area contributed by atoms with E-state index in [1.165, 1.54) is 0 Å². The molecular formula is C9H16INO3. The zero-order valence-electron chi connectivity index (χ0n) is 8.83. The van der Waals surface area contributed by atoms with Gasteiger partial charge in [-0.15, -0.1) is 0 Å². The second-order valence-electron chi connectivity index (χ2n) is 3.62. The van der Waals surface area contributed by atoms with Crippen molar-refractivity contribution in [3.05, 3.63) is 0 Å². The van der Waals surface area contributed by atoms with Crippen molar-refractivity contribution in [1.29, 1.82) is 0 Å². The number of amides is 1. The highest BCUT2D eigenvalue weighted by Gasteiger charge is 2.22. The summed E-state index contributed by atoms with van der Waals surface area (Å²) in [6, 6.07) is -0.471. The van der Waals surface area contributed by atoms with Gasteiger partial charge in [0, 0.05) is 22.6 Å². The van der Waals surface area contributed by atoms with Crippen LogP contribution in [0.25, 0.3) is 0 Å². The molecule has 1 atom stereocenters. The Labute approximate surface area is 97.9 Å². The number of ether oxygens (including phenoxy) is 1. The summed E-state index contributed by atoms with van der Waals surface area (Å²) < 4.78 is 4.79. The van der Waals surface area contributed by atoms with E-state index in [9.17, 15) is 9.59 Å². The average molecular weight is 313 g/mol. The lowest BCUT2D eigenvalue weighted by Crippen LogP contribution is -2.43. The SMILES string of the molecule is CC(C)OC(=O)NC(C(=O)I)C(C)C. The van der Waals surface area contributed by atoms with Crippen LogP contribution in [-0.4, -0.2) is 22.0 Å². The summed E-state index contributed by atoms with van der Waals surface area (Å²) in [6.07, 6.45) is -0.712. The first-order chi connectivity index (χ1) is 6.34. The summed E-state index contributed by atoms with van der Waals surface area (Å²) in [7, 11) is 0. The van der Waals surface area contributed by atoms with Crippen LogP contribution in [0.15, 0.2) is 0 Å². The quantitative estimate of drug-likeness (QED) is 0.639. The molecule has 14 heavy (non-hydrogen) atoms. The van der Waals surface area contributed by atoms with Crippen molar-refractivity contribution in [3.63, 3.8) is 0 Å². The predicted octanol–water partition coefficient (Wildman–Crippen LogP) is 2.11. The Hall–Kier alpha value is -0.330. The third-order valence-corrected chi connectivity index (χ3v) is 2.20. The van der Waals surface area contributed by atoms with Crippen LogP contribution in [0, 0.1) is 5.92 Å². The number of hydrogen-bond acceptors (Lipinski definition) is 3. The molecule has 0 heterocycles. The summed E-state index contributed by atoms with van der Waals surface area (Å²) >= 11 is 1.68. The minimum absolute atomic E-state index is 0.0686.